The van der Waals surface area contributed by atoms with Crippen LogP contribution in [0.2, 0.25) is 0 Å². The number of para-hydroxylation sites is 4. The number of hydrogen-bond donors (Lipinski definition) is 0. The summed E-state index contributed by atoms with van der Waals surface area (Å²) < 4.78 is 5.50. The molecule has 51 heavy (non-hydrogen) atoms. The predicted octanol–water partition coefficient (Wildman–Crippen LogP) is 10.0. The molecule has 2 nitrogen and oxygen atoms in total. The Morgan fingerprint density at radius 1 is 0.216 bits per heavy atom. The molecule has 8 aromatic carbocycles. The second-order valence-electron chi connectivity index (χ2n) is 12.6. The first kappa shape index (κ1) is 32.1. The third-order valence-corrected chi connectivity index (χ3v) is 19.5. The fourth-order valence-electron chi connectivity index (χ4n) is 7.34. The van der Waals surface area contributed by atoms with Gasteiger partial charge in [-0.3, -0.25) is 0 Å². The van der Waals surface area contributed by atoms with Crippen LogP contribution in [0.3, 0.4) is 0 Å². The van der Waals surface area contributed by atoms with Crippen LogP contribution in [0, 0.1) is 0 Å². The summed E-state index contributed by atoms with van der Waals surface area (Å²) in [4.78, 5) is 4.74. The molecule has 0 fully saturated rings. The zero-order valence-corrected chi connectivity index (χ0v) is 30.4. The van der Waals surface area contributed by atoms with Crippen LogP contribution in [0.4, 0.5) is 34.1 Å². The van der Waals surface area contributed by atoms with Gasteiger partial charge in [-0.25, -0.2) is 0 Å². The molecule has 0 bridgehead atoms. The van der Waals surface area contributed by atoms with Crippen molar-refractivity contribution in [3.63, 3.8) is 0 Å². The fraction of sp³-hybridized carbons (Fsp3) is 0. The zero-order chi connectivity index (χ0) is 34.3. The van der Waals surface area contributed by atoms with E-state index in [1.165, 1.54) is 17.6 Å². The molecule has 3 heteroatoms. The minimum absolute atomic E-state index is 1.13. The third-order valence-electron chi connectivity index (χ3n) is 9.55. The van der Waals surface area contributed by atoms with E-state index in [1.54, 1.807) is 0 Å². The number of benzene rings is 8. The quantitative estimate of drug-likeness (QED) is 0.130. The van der Waals surface area contributed by atoms with Gasteiger partial charge in [-0.2, -0.15) is 0 Å². The predicted molar refractivity (Wildman–Crippen MR) is 219 cm³/mol. The van der Waals surface area contributed by atoms with Gasteiger partial charge in [0.05, 0.1) is 0 Å². The Hall–Kier alpha value is -6.10. The maximum absolute atomic E-state index is 3.70. The molecule has 0 N–H and O–H groups in total. The second-order valence-corrected chi connectivity index (χ2v) is 20.6. The van der Waals surface area contributed by atoms with Crippen molar-refractivity contribution in [2.24, 2.45) is 0 Å². The van der Waals surface area contributed by atoms with E-state index in [0.29, 0.717) is 0 Å². The van der Waals surface area contributed by atoms with E-state index in [2.05, 4.69) is 240 Å². The SMILES string of the molecule is c1ccc(N(c2ccccc2)c2ccc[c]([Ge]([c]3ccccc3)([c]3ccccc3)[c]3cccc(N(c4ccccc4)c4ccccc4)c3)c2)cc1. The molecule has 0 aromatic heterocycles. The molecular weight excluding hydrogens is 677 g/mol. The van der Waals surface area contributed by atoms with Gasteiger partial charge >= 0.3 is 305 Å². The van der Waals surface area contributed by atoms with Gasteiger partial charge in [0.15, 0.2) is 0 Å². The Labute approximate surface area is 303 Å². The molecule has 0 aliphatic heterocycles. The number of hydrogen-bond acceptors (Lipinski definition) is 2. The van der Waals surface area contributed by atoms with Gasteiger partial charge in [-0.1, -0.05) is 0 Å². The Kier molecular flexibility index (Phi) is 9.32. The molecule has 244 valence electrons. The first-order chi connectivity index (χ1) is 25.3. The van der Waals surface area contributed by atoms with Crippen LogP contribution < -0.4 is 27.4 Å². The molecule has 0 radical (unpaired) electrons. The summed E-state index contributed by atoms with van der Waals surface area (Å²) in [5.74, 6) is 0. The second kappa shape index (κ2) is 14.8. The first-order valence-corrected chi connectivity index (χ1v) is 21.6. The van der Waals surface area contributed by atoms with Crippen molar-refractivity contribution in [3.8, 4) is 0 Å². The van der Waals surface area contributed by atoms with E-state index in [4.69, 9.17) is 0 Å². The summed E-state index contributed by atoms with van der Waals surface area (Å²) in [6.07, 6.45) is 0. The Balaban J connectivity index is 1.40. The van der Waals surface area contributed by atoms with E-state index < -0.39 is 13.3 Å². The van der Waals surface area contributed by atoms with Crippen LogP contribution in [-0.4, -0.2) is 13.3 Å². The van der Waals surface area contributed by atoms with E-state index >= 15 is 0 Å². The van der Waals surface area contributed by atoms with Crippen molar-refractivity contribution < 1.29 is 0 Å². The molecule has 0 amide bonds. The summed E-state index contributed by atoms with van der Waals surface area (Å²) in [6, 6.07) is 83.8. The zero-order valence-electron chi connectivity index (χ0n) is 28.3. The van der Waals surface area contributed by atoms with Crippen molar-refractivity contribution in [3.05, 3.63) is 231 Å². The van der Waals surface area contributed by atoms with Gasteiger partial charge in [0.1, 0.15) is 0 Å². The average Bonchev–Trinajstić information content (AvgIpc) is 3.21. The van der Waals surface area contributed by atoms with Crippen LogP contribution in [0.25, 0.3) is 0 Å². The van der Waals surface area contributed by atoms with Crippen molar-refractivity contribution >= 4 is 65.0 Å². The maximum atomic E-state index is 2.46. The van der Waals surface area contributed by atoms with Crippen LogP contribution in [-0.2, 0) is 0 Å². The van der Waals surface area contributed by atoms with Crippen LogP contribution in [0.15, 0.2) is 231 Å². The van der Waals surface area contributed by atoms with Crippen LogP contribution in [0.1, 0.15) is 0 Å². The van der Waals surface area contributed by atoms with Gasteiger partial charge in [-0.15, -0.1) is 0 Å². The van der Waals surface area contributed by atoms with Crippen molar-refractivity contribution in [2.45, 2.75) is 0 Å². The van der Waals surface area contributed by atoms with E-state index in [0.717, 1.165) is 34.1 Å². The molecule has 0 saturated carbocycles. The van der Waals surface area contributed by atoms with E-state index in [-0.39, 0.29) is 0 Å². The molecule has 0 aliphatic carbocycles. The van der Waals surface area contributed by atoms with Crippen molar-refractivity contribution in [1.82, 2.24) is 0 Å². The molecule has 0 aliphatic rings. The molecule has 8 rings (SSSR count). The molecule has 0 spiro atoms. The fourth-order valence-corrected chi connectivity index (χ4v) is 17.4. The van der Waals surface area contributed by atoms with Crippen LogP contribution in [0.5, 0.6) is 0 Å². The van der Waals surface area contributed by atoms with Crippen LogP contribution >= 0.6 is 0 Å². The van der Waals surface area contributed by atoms with Gasteiger partial charge in [0.2, 0.25) is 0 Å². The van der Waals surface area contributed by atoms with Gasteiger partial charge in [-0.05, 0) is 0 Å². The van der Waals surface area contributed by atoms with E-state index in [1.807, 2.05) is 0 Å². The molecule has 0 atom stereocenters. The molecule has 0 saturated heterocycles. The van der Waals surface area contributed by atoms with Crippen molar-refractivity contribution in [1.29, 1.82) is 0 Å². The summed E-state index contributed by atoms with van der Waals surface area (Å²) >= 11 is -3.70. The van der Waals surface area contributed by atoms with Gasteiger partial charge < -0.3 is 0 Å². The Morgan fingerprint density at radius 3 is 0.745 bits per heavy atom. The first-order valence-electron chi connectivity index (χ1n) is 17.4. The number of anilines is 6. The Morgan fingerprint density at radius 2 is 0.451 bits per heavy atom. The molecule has 0 heterocycles. The third kappa shape index (κ3) is 6.38. The monoisotopic (exact) mass is 716 g/mol. The standard InChI is InChI=1S/C48H38GeN2/c1-7-21-39(22-8-1)49(40-23-9-2-10-24-40,41-25-19-35-47(37-41)50(43-27-11-3-12-28-43)44-29-13-4-14-30-44)42-26-20-36-48(38-42)51(45-31-15-5-16-32-45)46-33-17-6-18-34-46/h1-38H. The number of nitrogens with zero attached hydrogens (tertiary/aromatic N) is 2. The molecule has 8 aromatic rings. The minimum atomic E-state index is -3.70. The number of rotatable bonds is 10. The van der Waals surface area contributed by atoms with Gasteiger partial charge in [0, 0.05) is 0 Å². The summed E-state index contributed by atoms with van der Waals surface area (Å²) in [6.45, 7) is 0. The van der Waals surface area contributed by atoms with Crippen molar-refractivity contribution in [2.75, 3.05) is 9.80 Å². The topological polar surface area (TPSA) is 6.48 Å². The Bertz CT molecular complexity index is 2050. The van der Waals surface area contributed by atoms with E-state index in [9.17, 15) is 0 Å². The molecular formula is C48H38GeN2. The summed E-state index contributed by atoms with van der Waals surface area (Å²) in [5.41, 5.74) is 6.78. The average molecular weight is 715 g/mol. The normalized spacial score (nSPS) is 11.1. The van der Waals surface area contributed by atoms with Gasteiger partial charge in [0.25, 0.3) is 0 Å². The summed E-state index contributed by atoms with van der Waals surface area (Å²) in [5, 5.41) is 0. The summed E-state index contributed by atoms with van der Waals surface area (Å²) in [7, 11) is 0. The molecule has 0 unspecified atom stereocenters.